The molecule has 1 saturated heterocycles. The van der Waals surface area contributed by atoms with Crippen LogP contribution in [0.25, 0.3) is 10.9 Å². The van der Waals surface area contributed by atoms with Crippen molar-refractivity contribution in [3.63, 3.8) is 0 Å². The van der Waals surface area contributed by atoms with E-state index in [2.05, 4.69) is 25.8 Å². The molecule has 1 aliphatic heterocycles. The molecule has 1 amide bonds. The van der Waals surface area contributed by atoms with Crippen molar-refractivity contribution in [2.24, 2.45) is 0 Å². The lowest BCUT2D eigenvalue weighted by atomic mass is 10.0. The summed E-state index contributed by atoms with van der Waals surface area (Å²) in [4.78, 5) is 19.4. The molecule has 2 aromatic carbocycles. The SMILES string of the molecule is CN1CCCCC1COc1cc(NC(=O)c2cccnc2Nc2ccc3cn[nH]c3c2)ccc1C(F)(F)C(F)(F)F. The fourth-order valence-electron chi connectivity index (χ4n) is 4.71. The van der Waals surface area contributed by atoms with Crippen LogP contribution in [-0.4, -0.2) is 58.4 Å². The predicted molar refractivity (Wildman–Crippen MR) is 144 cm³/mol. The second-order valence-electron chi connectivity index (χ2n) is 9.88. The van der Waals surface area contributed by atoms with Crippen molar-refractivity contribution in [2.45, 2.75) is 37.4 Å². The molecule has 8 nitrogen and oxygen atoms in total. The van der Waals surface area contributed by atoms with Gasteiger partial charge in [-0.05, 0) is 68.9 Å². The summed E-state index contributed by atoms with van der Waals surface area (Å²) in [5, 5.41) is 13.3. The summed E-state index contributed by atoms with van der Waals surface area (Å²) in [5.41, 5.74) is 0.168. The lowest BCUT2D eigenvalue weighted by Crippen LogP contribution is -2.40. The van der Waals surface area contributed by atoms with Crippen LogP contribution < -0.4 is 15.4 Å². The quantitative estimate of drug-likeness (QED) is 0.209. The molecule has 1 aliphatic rings. The molecule has 216 valence electrons. The minimum absolute atomic E-state index is 0.0163. The molecular weight excluding hydrogens is 547 g/mol. The van der Waals surface area contributed by atoms with Crippen LogP contribution in [-0.2, 0) is 5.92 Å². The highest BCUT2D eigenvalue weighted by Gasteiger charge is 2.60. The number of carbonyl (C=O) groups excluding carboxylic acids is 1. The van der Waals surface area contributed by atoms with Crippen molar-refractivity contribution in [3.8, 4) is 5.75 Å². The van der Waals surface area contributed by atoms with Crippen LogP contribution in [0, 0.1) is 0 Å². The summed E-state index contributed by atoms with van der Waals surface area (Å²) in [6.07, 6.45) is -0.0861. The fraction of sp³-hybridized carbons (Fsp3) is 0.321. The number of aromatic amines is 1. The Bertz CT molecular complexity index is 1540. The number of benzene rings is 2. The fourth-order valence-corrected chi connectivity index (χ4v) is 4.71. The van der Waals surface area contributed by atoms with Crippen molar-refractivity contribution < 1.29 is 31.5 Å². The van der Waals surface area contributed by atoms with E-state index >= 15 is 0 Å². The zero-order chi connectivity index (χ0) is 29.2. The molecule has 1 fully saturated rings. The van der Waals surface area contributed by atoms with Gasteiger partial charge in [-0.1, -0.05) is 6.42 Å². The summed E-state index contributed by atoms with van der Waals surface area (Å²) >= 11 is 0. The number of likely N-dealkylation sites (N-methyl/N-ethyl adjacent to an activating group) is 1. The second-order valence-corrected chi connectivity index (χ2v) is 9.88. The number of rotatable bonds is 8. The van der Waals surface area contributed by atoms with Gasteiger partial charge in [0, 0.05) is 35.1 Å². The minimum atomic E-state index is -5.83. The normalized spacial score (nSPS) is 16.5. The van der Waals surface area contributed by atoms with Crippen molar-refractivity contribution in [3.05, 3.63) is 72.1 Å². The molecule has 13 heteroatoms. The number of ether oxygens (including phenoxy) is 1. The standard InChI is InChI=1S/C28H27F5N6O2/c1-39-12-3-2-5-20(39)16-41-24-14-19(9-10-22(24)27(29,30)28(31,32)33)37-26(40)21-6-4-11-34-25(21)36-18-8-7-17-15-35-38-23(17)13-18/h4,6-11,13-15,20H,2-3,5,12,16H2,1H3,(H,34,36)(H,35,38)(H,37,40). The number of likely N-dealkylation sites (tertiary alicyclic amines) is 1. The molecule has 1 unspecified atom stereocenters. The number of pyridine rings is 1. The number of hydrogen-bond acceptors (Lipinski definition) is 6. The van der Waals surface area contributed by atoms with E-state index < -0.39 is 29.3 Å². The number of nitrogens with zero attached hydrogens (tertiary/aromatic N) is 3. The Hall–Kier alpha value is -4.26. The van der Waals surface area contributed by atoms with Gasteiger partial charge >= 0.3 is 12.1 Å². The van der Waals surface area contributed by atoms with Crippen molar-refractivity contribution in [1.82, 2.24) is 20.1 Å². The molecule has 0 spiro atoms. The number of anilines is 3. The van der Waals surface area contributed by atoms with E-state index in [9.17, 15) is 26.7 Å². The van der Waals surface area contributed by atoms with Crippen LogP contribution in [0.5, 0.6) is 5.75 Å². The molecule has 5 rings (SSSR count). The van der Waals surface area contributed by atoms with Gasteiger partial charge in [0.15, 0.2) is 0 Å². The van der Waals surface area contributed by atoms with Crippen LogP contribution in [0.3, 0.4) is 0 Å². The molecule has 1 atom stereocenters. The van der Waals surface area contributed by atoms with Gasteiger partial charge in [0.1, 0.15) is 18.2 Å². The largest absolute Gasteiger partial charge is 0.491 e. The number of nitrogens with one attached hydrogen (secondary N) is 3. The van der Waals surface area contributed by atoms with Gasteiger partial charge in [-0.3, -0.25) is 9.89 Å². The Morgan fingerprint density at radius 1 is 1.10 bits per heavy atom. The maximum Gasteiger partial charge on any atom is 0.458 e. The predicted octanol–water partition coefficient (Wildman–Crippen LogP) is 6.47. The van der Waals surface area contributed by atoms with Crippen LogP contribution in [0.2, 0.25) is 0 Å². The Kier molecular flexibility index (Phi) is 7.80. The van der Waals surface area contributed by atoms with Crippen LogP contribution in [0.4, 0.5) is 39.1 Å². The average Bonchev–Trinajstić information content (AvgIpc) is 3.40. The molecule has 2 aromatic heterocycles. The first-order valence-electron chi connectivity index (χ1n) is 12.9. The summed E-state index contributed by atoms with van der Waals surface area (Å²) in [7, 11) is 1.85. The lowest BCUT2D eigenvalue weighted by Gasteiger charge is -2.32. The van der Waals surface area contributed by atoms with E-state index in [4.69, 9.17) is 4.74 Å². The third-order valence-corrected chi connectivity index (χ3v) is 7.04. The number of hydrogen-bond donors (Lipinski definition) is 3. The molecule has 0 saturated carbocycles. The molecule has 3 N–H and O–H groups in total. The van der Waals surface area contributed by atoms with Gasteiger partial charge in [-0.15, -0.1) is 0 Å². The number of alkyl halides is 5. The monoisotopic (exact) mass is 574 g/mol. The van der Waals surface area contributed by atoms with E-state index in [0.717, 1.165) is 48.8 Å². The third kappa shape index (κ3) is 6.09. The van der Waals surface area contributed by atoms with Gasteiger partial charge in [0.25, 0.3) is 5.91 Å². The topological polar surface area (TPSA) is 95.2 Å². The van der Waals surface area contributed by atoms with Gasteiger partial charge in [-0.2, -0.15) is 27.1 Å². The van der Waals surface area contributed by atoms with Crippen molar-refractivity contribution in [2.75, 3.05) is 30.8 Å². The average molecular weight is 575 g/mol. The molecule has 41 heavy (non-hydrogen) atoms. The lowest BCUT2D eigenvalue weighted by molar-refractivity contribution is -0.289. The Morgan fingerprint density at radius 3 is 2.68 bits per heavy atom. The van der Waals surface area contributed by atoms with Gasteiger partial charge in [0.2, 0.25) is 0 Å². The Morgan fingerprint density at radius 2 is 1.90 bits per heavy atom. The summed E-state index contributed by atoms with van der Waals surface area (Å²) in [6, 6.07) is 10.9. The highest BCUT2D eigenvalue weighted by atomic mass is 19.4. The molecule has 3 heterocycles. The zero-order valence-corrected chi connectivity index (χ0v) is 21.9. The summed E-state index contributed by atoms with van der Waals surface area (Å²) in [6.45, 7) is 0.694. The first kappa shape index (κ1) is 28.3. The highest BCUT2D eigenvalue weighted by Crippen LogP contribution is 2.47. The number of fused-ring (bicyclic) bond motifs is 1. The van der Waals surface area contributed by atoms with Gasteiger partial charge in [0.05, 0.1) is 22.8 Å². The Balaban J connectivity index is 1.39. The summed E-state index contributed by atoms with van der Waals surface area (Å²) in [5.74, 6) is -6.25. The number of aromatic nitrogens is 3. The van der Waals surface area contributed by atoms with E-state index in [-0.39, 0.29) is 29.7 Å². The Labute approximate surface area is 231 Å². The first-order valence-corrected chi connectivity index (χ1v) is 12.9. The van der Waals surface area contributed by atoms with Crippen molar-refractivity contribution in [1.29, 1.82) is 0 Å². The zero-order valence-electron chi connectivity index (χ0n) is 21.9. The molecule has 4 aromatic rings. The number of carbonyl (C=O) groups is 1. The van der Waals surface area contributed by atoms with E-state index in [1.165, 1.54) is 12.3 Å². The highest BCUT2D eigenvalue weighted by molar-refractivity contribution is 6.08. The second kappa shape index (κ2) is 11.3. The third-order valence-electron chi connectivity index (χ3n) is 7.04. The van der Waals surface area contributed by atoms with Gasteiger partial charge < -0.3 is 20.3 Å². The van der Waals surface area contributed by atoms with E-state index in [0.29, 0.717) is 11.8 Å². The van der Waals surface area contributed by atoms with Crippen LogP contribution in [0.1, 0.15) is 35.2 Å². The number of piperidine rings is 1. The molecule has 0 radical (unpaired) electrons. The maximum absolute atomic E-state index is 14.4. The van der Waals surface area contributed by atoms with Crippen LogP contribution in [0.15, 0.2) is 60.9 Å². The first-order chi connectivity index (χ1) is 19.5. The maximum atomic E-state index is 14.4. The van der Waals surface area contributed by atoms with Crippen LogP contribution >= 0.6 is 0 Å². The molecule has 0 aliphatic carbocycles. The smallest absolute Gasteiger partial charge is 0.458 e. The minimum Gasteiger partial charge on any atom is -0.491 e. The van der Waals surface area contributed by atoms with Crippen molar-refractivity contribution >= 4 is 34.0 Å². The van der Waals surface area contributed by atoms with E-state index in [1.54, 1.807) is 24.4 Å². The number of H-pyrrole nitrogens is 1. The number of halogens is 5. The molecular formula is C28H27F5N6O2. The van der Waals surface area contributed by atoms with Gasteiger partial charge in [-0.25, -0.2) is 4.98 Å². The molecule has 0 bridgehead atoms. The number of amides is 1. The summed E-state index contributed by atoms with van der Waals surface area (Å²) < 4.78 is 74.3. The van der Waals surface area contributed by atoms with E-state index in [1.807, 2.05) is 18.0 Å².